The van der Waals surface area contributed by atoms with E-state index in [-0.39, 0.29) is 18.9 Å². The van der Waals surface area contributed by atoms with Crippen LogP contribution in [0.1, 0.15) is 17.9 Å². The fourth-order valence-corrected chi connectivity index (χ4v) is 3.80. The molecule has 7 nitrogen and oxygen atoms in total. The summed E-state index contributed by atoms with van der Waals surface area (Å²) < 4.78 is 22.3. The van der Waals surface area contributed by atoms with E-state index in [9.17, 15) is 4.79 Å². The van der Waals surface area contributed by atoms with E-state index in [1.165, 1.54) is 0 Å². The molecule has 0 atom stereocenters. The van der Waals surface area contributed by atoms with Gasteiger partial charge >= 0.3 is 0 Å². The van der Waals surface area contributed by atoms with Crippen LogP contribution in [0, 0.1) is 0 Å². The summed E-state index contributed by atoms with van der Waals surface area (Å²) in [5.74, 6) is 2.84. The van der Waals surface area contributed by atoms with Crippen LogP contribution in [-0.2, 0) is 17.8 Å². The van der Waals surface area contributed by atoms with Gasteiger partial charge in [0.1, 0.15) is 22.9 Å². The Balaban J connectivity index is 1.47. The number of aromatic nitrogens is 1. The van der Waals surface area contributed by atoms with E-state index in [0.717, 1.165) is 22.4 Å². The van der Waals surface area contributed by atoms with Crippen LogP contribution in [-0.4, -0.2) is 32.2 Å². The van der Waals surface area contributed by atoms with Crippen LogP contribution < -0.4 is 19.5 Å². The van der Waals surface area contributed by atoms with Gasteiger partial charge in [-0.2, -0.15) is 0 Å². The summed E-state index contributed by atoms with van der Waals surface area (Å²) in [4.78, 5) is 17.4. The molecule has 0 aliphatic rings. The highest BCUT2D eigenvalue weighted by molar-refractivity contribution is 5.78. The molecular weight excluding hydrogens is 444 g/mol. The minimum absolute atomic E-state index is 0.134. The lowest BCUT2D eigenvalue weighted by Gasteiger charge is -2.15. The fraction of sp³-hybridized carbons (Fsp3) is 0.214. The van der Waals surface area contributed by atoms with Crippen molar-refractivity contribution in [2.45, 2.75) is 19.4 Å². The second-order valence-electron chi connectivity index (χ2n) is 7.80. The lowest BCUT2D eigenvalue weighted by molar-refractivity contribution is -0.121. The van der Waals surface area contributed by atoms with Crippen molar-refractivity contribution in [1.82, 2.24) is 10.3 Å². The molecule has 1 aromatic heterocycles. The molecule has 0 bridgehead atoms. The first-order valence-corrected chi connectivity index (χ1v) is 11.3. The molecule has 0 radical (unpaired) electrons. The van der Waals surface area contributed by atoms with Crippen LogP contribution in [0.2, 0.25) is 0 Å². The molecule has 4 rings (SSSR count). The van der Waals surface area contributed by atoms with Crippen LogP contribution in [0.5, 0.6) is 17.2 Å². The smallest absolute Gasteiger partial charge is 0.220 e. The maximum absolute atomic E-state index is 12.7. The average Bonchev–Trinajstić information content (AvgIpc) is 3.35. The number of hydrogen-bond acceptors (Lipinski definition) is 6. The van der Waals surface area contributed by atoms with E-state index in [0.29, 0.717) is 35.3 Å². The first-order valence-electron chi connectivity index (χ1n) is 11.3. The minimum Gasteiger partial charge on any atom is -0.496 e. The summed E-state index contributed by atoms with van der Waals surface area (Å²) in [6, 6.07) is 23.2. The number of ether oxygens (including phenoxy) is 3. The number of benzene rings is 3. The van der Waals surface area contributed by atoms with Gasteiger partial charge in [-0.25, -0.2) is 4.98 Å². The molecule has 1 amide bonds. The highest BCUT2D eigenvalue weighted by Crippen LogP contribution is 2.34. The Labute approximate surface area is 204 Å². The van der Waals surface area contributed by atoms with Crippen LogP contribution in [0.15, 0.2) is 77.2 Å². The summed E-state index contributed by atoms with van der Waals surface area (Å²) in [6.45, 7) is 0.255. The number of methoxy groups -OCH3 is 3. The number of amides is 1. The van der Waals surface area contributed by atoms with E-state index in [1.54, 1.807) is 33.5 Å². The maximum Gasteiger partial charge on any atom is 0.220 e. The van der Waals surface area contributed by atoms with Crippen molar-refractivity contribution in [3.05, 3.63) is 84.3 Å². The molecule has 7 heteroatoms. The van der Waals surface area contributed by atoms with Gasteiger partial charge in [-0.1, -0.05) is 60.7 Å². The summed E-state index contributed by atoms with van der Waals surface area (Å²) in [7, 11) is 4.71. The summed E-state index contributed by atoms with van der Waals surface area (Å²) in [5, 5.41) is 2.93. The molecular formula is C28H28N2O5. The van der Waals surface area contributed by atoms with Crippen molar-refractivity contribution >= 4 is 5.91 Å². The molecule has 0 saturated heterocycles. The van der Waals surface area contributed by atoms with Crippen molar-refractivity contribution in [3.63, 3.8) is 0 Å². The largest absolute Gasteiger partial charge is 0.496 e. The molecule has 0 spiro atoms. The first kappa shape index (κ1) is 23.9. The van der Waals surface area contributed by atoms with Gasteiger partial charge in [0.15, 0.2) is 11.7 Å². The number of carbonyl (C=O) groups is 1. The zero-order valence-electron chi connectivity index (χ0n) is 20.0. The highest BCUT2D eigenvalue weighted by Gasteiger charge is 2.18. The zero-order valence-corrected chi connectivity index (χ0v) is 20.0. The normalized spacial score (nSPS) is 10.6. The monoisotopic (exact) mass is 472 g/mol. The predicted octanol–water partition coefficient (Wildman–Crippen LogP) is 5.28. The minimum atomic E-state index is -0.134. The second kappa shape index (κ2) is 11.2. The third-order valence-corrected chi connectivity index (χ3v) is 5.60. The van der Waals surface area contributed by atoms with Crippen molar-refractivity contribution in [2.24, 2.45) is 0 Å². The van der Waals surface area contributed by atoms with Gasteiger partial charge in [0.25, 0.3) is 0 Å². The van der Waals surface area contributed by atoms with E-state index >= 15 is 0 Å². The fourth-order valence-electron chi connectivity index (χ4n) is 3.80. The number of nitrogens with zero attached hydrogens (tertiary/aromatic N) is 1. The van der Waals surface area contributed by atoms with E-state index in [2.05, 4.69) is 5.32 Å². The van der Waals surface area contributed by atoms with Crippen molar-refractivity contribution in [1.29, 1.82) is 0 Å². The lowest BCUT2D eigenvalue weighted by atomic mass is 10.1. The zero-order chi connectivity index (χ0) is 24.6. The quantitative estimate of drug-likeness (QED) is 0.338. The Hall–Kier alpha value is -4.26. The Morgan fingerprint density at radius 1 is 0.857 bits per heavy atom. The molecule has 1 N–H and O–H groups in total. The lowest BCUT2D eigenvalue weighted by Crippen LogP contribution is -2.23. The molecule has 0 saturated carbocycles. The van der Waals surface area contributed by atoms with Gasteiger partial charge < -0.3 is 23.9 Å². The Kier molecular flexibility index (Phi) is 7.67. The van der Waals surface area contributed by atoms with Gasteiger partial charge in [-0.05, 0) is 0 Å². The van der Waals surface area contributed by atoms with Gasteiger partial charge in [-0.15, -0.1) is 0 Å². The Morgan fingerprint density at radius 3 is 2.03 bits per heavy atom. The van der Waals surface area contributed by atoms with Crippen molar-refractivity contribution in [2.75, 3.05) is 21.3 Å². The topological polar surface area (TPSA) is 82.8 Å². The standard InChI is InChI=1S/C28H28N2O5/c1-32-21-16-23(33-2)22(24(17-21)34-3)18-29-25(31)14-15-26-30-27(19-10-6-4-7-11-19)28(35-26)20-12-8-5-9-13-20/h4-13,16-17H,14-15,18H2,1-3H3,(H,29,31). The van der Waals surface area contributed by atoms with Crippen LogP contribution in [0.4, 0.5) is 0 Å². The molecule has 0 aliphatic carbocycles. The maximum atomic E-state index is 12.7. The highest BCUT2D eigenvalue weighted by atomic mass is 16.5. The van der Waals surface area contributed by atoms with E-state index < -0.39 is 0 Å². The molecule has 4 aromatic rings. The number of aryl methyl sites for hydroxylation is 1. The van der Waals surface area contributed by atoms with Gasteiger partial charge in [-0.3, -0.25) is 4.79 Å². The predicted molar refractivity (Wildman–Crippen MR) is 134 cm³/mol. The van der Waals surface area contributed by atoms with E-state index in [1.807, 2.05) is 60.7 Å². The molecule has 3 aromatic carbocycles. The number of rotatable bonds is 10. The first-order chi connectivity index (χ1) is 17.1. The van der Waals surface area contributed by atoms with Gasteiger partial charge in [0, 0.05) is 36.1 Å². The number of hydrogen-bond donors (Lipinski definition) is 1. The number of nitrogens with one attached hydrogen (secondary N) is 1. The Bertz CT molecular complexity index is 1190. The van der Waals surface area contributed by atoms with Crippen molar-refractivity contribution in [3.8, 4) is 39.8 Å². The molecule has 0 aliphatic heterocycles. The number of oxazole rings is 1. The molecule has 0 fully saturated rings. The summed E-state index contributed by atoms with van der Waals surface area (Å²) in [5.41, 5.74) is 3.40. The third kappa shape index (κ3) is 5.63. The molecule has 0 unspecified atom stereocenters. The van der Waals surface area contributed by atoms with Crippen LogP contribution in [0.3, 0.4) is 0 Å². The summed E-state index contributed by atoms with van der Waals surface area (Å²) >= 11 is 0. The SMILES string of the molecule is COc1cc(OC)c(CNC(=O)CCc2nc(-c3ccccc3)c(-c3ccccc3)o2)c(OC)c1. The second-order valence-corrected chi connectivity index (χ2v) is 7.80. The molecule has 180 valence electrons. The Morgan fingerprint density at radius 2 is 1.46 bits per heavy atom. The summed E-state index contributed by atoms with van der Waals surface area (Å²) in [6.07, 6.45) is 0.596. The van der Waals surface area contributed by atoms with Crippen LogP contribution >= 0.6 is 0 Å². The van der Waals surface area contributed by atoms with Gasteiger partial charge in [0.05, 0.1) is 33.4 Å². The van der Waals surface area contributed by atoms with Gasteiger partial charge in [0.2, 0.25) is 5.91 Å². The van der Waals surface area contributed by atoms with Crippen molar-refractivity contribution < 1.29 is 23.4 Å². The molecule has 1 heterocycles. The number of carbonyl (C=O) groups excluding carboxylic acids is 1. The average molecular weight is 473 g/mol. The van der Waals surface area contributed by atoms with E-state index in [4.69, 9.17) is 23.6 Å². The van der Waals surface area contributed by atoms with Crippen LogP contribution in [0.25, 0.3) is 22.6 Å². The third-order valence-electron chi connectivity index (χ3n) is 5.60. The molecule has 35 heavy (non-hydrogen) atoms.